The minimum Gasteiger partial charge on any atom is -0.486 e. The van der Waals surface area contributed by atoms with Crippen molar-refractivity contribution in [1.82, 2.24) is 10.6 Å². The van der Waals surface area contributed by atoms with Gasteiger partial charge in [0.15, 0.2) is 11.5 Å². The van der Waals surface area contributed by atoms with E-state index in [2.05, 4.69) is 31.9 Å². The van der Waals surface area contributed by atoms with Gasteiger partial charge in [0, 0.05) is 23.1 Å². The number of carbonyl (C=O) groups is 2. The van der Waals surface area contributed by atoms with Crippen molar-refractivity contribution in [2.45, 2.75) is 26.3 Å². The van der Waals surface area contributed by atoms with E-state index in [1.54, 1.807) is 12.1 Å². The van der Waals surface area contributed by atoms with E-state index in [-0.39, 0.29) is 36.9 Å². The minimum atomic E-state index is -0.350. The average Bonchev–Trinajstić information content (AvgIpc) is 2.73. The van der Waals surface area contributed by atoms with Crippen LogP contribution in [0.4, 0.5) is 10.5 Å². The van der Waals surface area contributed by atoms with Crippen LogP contribution >= 0.6 is 15.9 Å². The third-order valence-corrected chi connectivity index (χ3v) is 5.18. The van der Waals surface area contributed by atoms with Crippen molar-refractivity contribution in [3.05, 3.63) is 52.5 Å². The van der Waals surface area contributed by atoms with Gasteiger partial charge in [-0.1, -0.05) is 35.8 Å². The number of anilines is 1. The Morgan fingerprint density at radius 2 is 1.73 bits per heavy atom. The Balaban J connectivity index is 1.49. The van der Waals surface area contributed by atoms with Crippen molar-refractivity contribution in [3.63, 3.8) is 0 Å². The van der Waals surface area contributed by atoms with Crippen molar-refractivity contribution in [2.75, 3.05) is 25.1 Å². The number of ether oxygens (including phenoxy) is 2. The number of fused-ring (bicyclic) bond motifs is 1. The smallest absolute Gasteiger partial charge is 0.319 e. The molecule has 0 saturated heterocycles. The third kappa shape index (κ3) is 6.13. The van der Waals surface area contributed by atoms with Gasteiger partial charge in [-0.05, 0) is 47.9 Å². The zero-order valence-electron chi connectivity index (χ0n) is 17.0. The molecule has 0 radical (unpaired) electrons. The van der Waals surface area contributed by atoms with Crippen LogP contribution in [-0.2, 0) is 4.79 Å². The Bertz CT molecular complexity index is 886. The number of amides is 3. The molecule has 0 aliphatic carbocycles. The molecule has 0 aromatic heterocycles. The van der Waals surface area contributed by atoms with E-state index in [0.717, 1.165) is 15.8 Å². The molecule has 0 fully saturated rings. The lowest BCUT2D eigenvalue weighted by atomic mass is 9.95. The molecule has 2 aromatic rings. The average molecular weight is 476 g/mol. The molecule has 0 spiro atoms. The molecular formula is C22H26BrN3O4. The zero-order valence-corrected chi connectivity index (χ0v) is 18.6. The summed E-state index contributed by atoms with van der Waals surface area (Å²) in [6.07, 6.45) is 0.182. The molecule has 7 nitrogen and oxygen atoms in total. The van der Waals surface area contributed by atoms with E-state index < -0.39 is 0 Å². The minimum absolute atomic E-state index is 0.132. The number of urea groups is 1. The van der Waals surface area contributed by atoms with Crippen molar-refractivity contribution >= 4 is 33.6 Å². The van der Waals surface area contributed by atoms with E-state index in [4.69, 9.17) is 9.47 Å². The van der Waals surface area contributed by atoms with Gasteiger partial charge < -0.3 is 25.4 Å². The van der Waals surface area contributed by atoms with Gasteiger partial charge in [-0.3, -0.25) is 4.79 Å². The normalized spacial score (nSPS) is 13.5. The van der Waals surface area contributed by atoms with Gasteiger partial charge in [-0.15, -0.1) is 0 Å². The fourth-order valence-corrected chi connectivity index (χ4v) is 3.40. The van der Waals surface area contributed by atoms with Gasteiger partial charge in [0.1, 0.15) is 13.2 Å². The van der Waals surface area contributed by atoms with Gasteiger partial charge in [0.05, 0.1) is 6.04 Å². The molecule has 1 aliphatic rings. The van der Waals surface area contributed by atoms with E-state index >= 15 is 0 Å². The highest BCUT2D eigenvalue weighted by molar-refractivity contribution is 9.10. The quantitative estimate of drug-likeness (QED) is 0.558. The number of halogens is 1. The number of rotatable bonds is 7. The van der Waals surface area contributed by atoms with Gasteiger partial charge in [0.2, 0.25) is 5.91 Å². The van der Waals surface area contributed by atoms with E-state index in [0.29, 0.717) is 24.7 Å². The fourth-order valence-electron chi connectivity index (χ4n) is 3.13. The van der Waals surface area contributed by atoms with Crippen LogP contribution in [-0.4, -0.2) is 31.7 Å². The number of hydrogen-bond acceptors (Lipinski definition) is 4. The molecular weight excluding hydrogens is 450 g/mol. The fraction of sp³-hybridized carbons (Fsp3) is 0.364. The summed E-state index contributed by atoms with van der Waals surface area (Å²) < 4.78 is 12.1. The second kappa shape index (κ2) is 10.3. The maximum Gasteiger partial charge on any atom is 0.319 e. The van der Waals surface area contributed by atoms with E-state index in [1.807, 2.05) is 44.2 Å². The van der Waals surface area contributed by atoms with Gasteiger partial charge in [-0.25, -0.2) is 4.79 Å². The first-order chi connectivity index (χ1) is 14.4. The number of carbonyl (C=O) groups excluding carboxylic acids is 2. The molecule has 30 heavy (non-hydrogen) atoms. The highest BCUT2D eigenvalue weighted by atomic mass is 79.9. The second-order valence-corrected chi connectivity index (χ2v) is 8.25. The molecule has 1 unspecified atom stereocenters. The first-order valence-corrected chi connectivity index (χ1v) is 10.7. The molecule has 3 rings (SSSR count). The first-order valence-electron chi connectivity index (χ1n) is 9.91. The monoisotopic (exact) mass is 475 g/mol. The topological polar surface area (TPSA) is 88.7 Å². The Hall–Kier alpha value is -2.74. The largest absolute Gasteiger partial charge is 0.486 e. The molecule has 3 N–H and O–H groups in total. The van der Waals surface area contributed by atoms with Crippen LogP contribution in [0.3, 0.4) is 0 Å². The van der Waals surface area contributed by atoms with E-state index in [9.17, 15) is 9.59 Å². The highest BCUT2D eigenvalue weighted by Gasteiger charge is 2.21. The van der Waals surface area contributed by atoms with Crippen LogP contribution in [0.2, 0.25) is 0 Å². The zero-order chi connectivity index (χ0) is 21.5. The molecule has 2 aromatic carbocycles. The van der Waals surface area contributed by atoms with Crippen LogP contribution in [0, 0.1) is 5.92 Å². The number of nitrogens with one attached hydrogen (secondary N) is 3. The Morgan fingerprint density at radius 1 is 1.03 bits per heavy atom. The number of hydrogen-bond donors (Lipinski definition) is 3. The van der Waals surface area contributed by atoms with E-state index in [1.165, 1.54) is 0 Å². The molecule has 8 heteroatoms. The summed E-state index contributed by atoms with van der Waals surface area (Å²) in [5.41, 5.74) is 1.64. The standard InChI is InChI=1S/C22H26BrN3O4/c1-14(2)21(15-3-8-18-19(13-15)30-12-11-29-18)26-20(27)9-10-24-22(28)25-17-6-4-16(23)5-7-17/h3-8,13-14,21H,9-12H2,1-2H3,(H,26,27)(H2,24,25,28). The predicted octanol–water partition coefficient (Wildman–Crippen LogP) is 4.25. The third-order valence-electron chi connectivity index (χ3n) is 4.65. The lowest BCUT2D eigenvalue weighted by Crippen LogP contribution is -2.36. The van der Waals surface area contributed by atoms with Gasteiger partial charge >= 0.3 is 6.03 Å². The Labute approximate surface area is 184 Å². The highest BCUT2D eigenvalue weighted by Crippen LogP contribution is 2.34. The summed E-state index contributed by atoms with van der Waals surface area (Å²) in [4.78, 5) is 24.4. The summed E-state index contributed by atoms with van der Waals surface area (Å²) in [6, 6.07) is 12.5. The lowest BCUT2D eigenvalue weighted by Gasteiger charge is -2.25. The molecule has 1 heterocycles. The molecule has 1 atom stereocenters. The summed E-state index contributed by atoms with van der Waals surface area (Å²) in [5.74, 6) is 1.47. The first kappa shape index (κ1) is 22.0. The molecule has 160 valence electrons. The van der Waals surface area contributed by atoms with Crippen LogP contribution in [0.1, 0.15) is 31.9 Å². The van der Waals surface area contributed by atoms with Crippen molar-refractivity contribution in [3.8, 4) is 11.5 Å². The van der Waals surface area contributed by atoms with Crippen LogP contribution < -0.4 is 25.4 Å². The van der Waals surface area contributed by atoms with Gasteiger partial charge in [-0.2, -0.15) is 0 Å². The molecule has 0 saturated carbocycles. The molecule has 0 bridgehead atoms. The van der Waals surface area contributed by atoms with Crippen LogP contribution in [0.25, 0.3) is 0 Å². The van der Waals surface area contributed by atoms with Crippen molar-refractivity contribution < 1.29 is 19.1 Å². The SMILES string of the molecule is CC(C)C(NC(=O)CCNC(=O)Nc1ccc(Br)cc1)c1ccc2c(c1)OCCO2. The summed E-state index contributed by atoms with van der Waals surface area (Å²) in [5, 5.41) is 8.49. The maximum absolute atomic E-state index is 12.5. The van der Waals surface area contributed by atoms with Gasteiger partial charge in [0.25, 0.3) is 0 Å². The van der Waals surface area contributed by atoms with Crippen LogP contribution in [0.5, 0.6) is 11.5 Å². The van der Waals surface area contributed by atoms with Crippen molar-refractivity contribution in [1.29, 1.82) is 0 Å². The number of benzene rings is 2. The second-order valence-electron chi connectivity index (χ2n) is 7.33. The molecule has 3 amide bonds. The summed E-state index contributed by atoms with van der Waals surface area (Å²) >= 11 is 3.35. The lowest BCUT2D eigenvalue weighted by molar-refractivity contribution is -0.122. The summed E-state index contributed by atoms with van der Waals surface area (Å²) in [6.45, 7) is 5.39. The Morgan fingerprint density at radius 3 is 2.43 bits per heavy atom. The Kier molecular flexibility index (Phi) is 7.57. The van der Waals surface area contributed by atoms with Crippen molar-refractivity contribution in [2.24, 2.45) is 5.92 Å². The predicted molar refractivity (Wildman–Crippen MR) is 119 cm³/mol. The molecule has 1 aliphatic heterocycles. The summed E-state index contributed by atoms with van der Waals surface area (Å²) in [7, 11) is 0. The van der Waals surface area contributed by atoms with Crippen LogP contribution in [0.15, 0.2) is 46.9 Å². The maximum atomic E-state index is 12.5.